The molecule has 0 aliphatic carbocycles. The van der Waals surface area contributed by atoms with Gasteiger partial charge < -0.3 is 27.0 Å². The Labute approximate surface area is 268 Å². The number of carbonyl (C=O) groups is 4. The van der Waals surface area contributed by atoms with Crippen molar-refractivity contribution in [3.05, 3.63) is 77.9 Å². The van der Waals surface area contributed by atoms with Crippen molar-refractivity contribution >= 4 is 29.3 Å². The topological polar surface area (TPSA) is 142 Å². The lowest BCUT2D eigenvalue weighted by molar-refractivity contribution is -0.132. The second kappa shape index (κ2) is 20.0. The minimum Gasteiger partial charge on any atom is -0.399 e. The van der Waals surface area contributed by atoms with Crippen molar-refractivity contribution in [3.8, 4) is 0 Å². The van der Waals surface area contributed by atoms with Crippen LogP contribution in [0.25, 0.3) is 0 Å². The number of anilines is 1. The Morgan fingerprint density at radius 1 is 0.911 bits per heavy atom. The maximum atomic E-state index is 13.7. The first kappa shape index (κ1) is 35.3. The van der Waals surface area contributed by atoms with Gasteiger partial charge in [0, 0.05) is 31.1 Å². The van der Waals surface area contributed by atoms with Crippen LogP contribution in [-0.2, 0) is 32.0 Å². The first-order valence-electron chi connectivity index (χ1n) is 16.6. The van der Waals surface area contributed by atoms with Crippen LogP contribution in [0.4, 0.5) is 5.69 Å². The zero-order valence-electron chi connectivity index (χ0n) is 26.7. The summed E-state index contributed by atoms with van der Waals surface area (Å²) in [6.45, 7) is 2.67. The van der Waals surface area contributed by atoms with Crippen molar-refractivity contribution in [2.24, 2.45) is 0 Å². The van der Waals surface area contributed by atoms with Gasteiger partial charge in [-0.15, -0.1) is 0 Å². The summed E-state index contributed by atoms with van der Waals surface area (Å²) < 4.78 is 0. The highest BCUT2D eigenvalue weighted by Crippen LogP contribution is 2.12. The fourth-order valence-electron chi connectivity index (χ4n) is 5.42. The van der Waals surface area contributed by atoms with E-state index in [9.17, 15) is 19.2 Å². The minimum atomic E-state index is -0.816. The van der Waals surface area contributed by atoms with Gasteiger partial charge in [-0.25, -0.2) is 0 Å². The van der Waals surface area contributed by atoms with Crippen LogP contribution in [0.5, 0.6) is 0 Å². The van der Waals surface area contributed by atoms with E-state index in [4.69, 9.17) is 5.73 Å². The lowest BCUT2D eigenvalue weighted by Crippen LogP contribution is -2.55. The molecule has 0 radical (unpaired) electrons. The van der Waals surface area contributed by atoms with Crippen LogP contribution < -0.4 is 27.0 Å². The third-order valence-electron chi connectivity index (χ3n) is 8.04. The maximum absolute atomic E-state index is 13.7. The molecule has 3 rings (SSSR count). The van der Waals surface area contributed by atoms with Gasteiger partial charge in [-0.05, 0) is 55.4 Å². The zero-order valence-corrected chi connectivity index (χ0v) is 26.7. The fraction of sp³-hybridized carbons (Fsp3) is 0.500. The van der Waals surface area contributed by atoms with Crippen LogP contribution in [0.3, 0.4) is 0 Å². The molecule has 9 nitrogen and oxygen atoms in total. The van der Waals surface area contributed by atoms with E-state index in [-0.39, 0.29) is 17.7 Å². The average Bonchev–Trinajstić information content (AvgIpc) is 3.03. The zero-order chi connectivity index (χ0) is 32.3. The van der Waals surface area contributed by atoms with E-state index in [1.54, 1.807) is 18.2 Å². The molecule has 244 valence electrons. The van der Waals surface area contributed by atoms with Crippen molar-refractivity contribution in [2.45, 2.75) is 109 Å². The number of unbranched alkanes of at least 4 members (excludes halogenated alkanes) is 6. The van der Waals surface area contributed by atoms with E-state index in [0.717, 1.165) is 30.4 Å². The number of nitrogens with two attached hydrogens (primary N) is 1. The number of hydrogen-bond donors (Lipinski definition) is 5. The molecule has 2 aromatic rings. The van der Waals surface area contributed by atoms with Crippen LogP contribution in [0.1, 0.15) is 88.7 Å². The molecule has 45 heavy (non-hydrogen) atoms. The highest BCUT2D eigenvalue weighted by molar-refractivity contribution is 5.92. The van der Waals surface area contributed by atoms with Crippen molar-refractivity contribution in [1.82, 2.24) is 21.3 Å². The quantitative estimate of drug-likeness (QED) is 0.148. The summed E-state index contributed by atoms with van der Waals surface area (Å²) in [5.41, 5.74) is 8.33. The van der Waals surface area contributed by atoms with Crippen molar-refractivity contribution in [2.75, 3.05) is 12.3 Å². The van der Waals surface area contributed by atoms with E-state index in [1.807, 2.05) is 42.5 Å². The maximum Gasteiger partial charge on any atom is 0.243 e. The molecule has 0 saturated carbocycles. The predicted octanol–water partition coefficient (Wildman–Crippen LogP) is 4.51. The Balaban J connectivity index is 1.68. The molecule has 0 saturated heterocycles. The molecule has 1 aliphatic heterocycles. The molecule has 0 unspecified atom stereocenters. The standard InChI is InChI=1S/C36H51N5O4/c1-2-3-4-5-6-7-11-17-34(43)40-32(26-27-14-9-8-10-15-27)36(45)41-31-16-12-13-24-38-33(42)23-22-30(39-35(31)44)25-28-18-20-29(37)21-19-28/h8-10,14-15,18-23,30-32H,2-7,11-13,16-17,24-26,37H2,1H3,(H,38,42)(H,39,44)(H,40,43)(H,41,45)/b23-22+/t30-,31+,32+/m1/s1. The van der Waals surface area contributed by atoms with Gasteiger partial charge in [0.2, 0.25) is 23.6 Å². The molecule has 1 aliphatic rings. The molecule has 0 bridgehead atoms. The number of hydrogen-bond acceptors (Lipinski definition) is 5. The summed E-state index contributed by atoms with van der Waals surface area (Å²) in [7, 11) is 0. The second-order valence-electron chi connectivity index (χ2n) is 11.9. The van der Waals surface area contributed by atoms with Gasteiger partial charge in [0.1, 0.15) is 12.1 Å². The number of nitrogens with one attached hydrogen (secondary N) is 4. The summed E-state index contributed by atoms with van der Waals surface area (Å²) in [6, 6.07) is 14.8. The number of amides is 4. The van der Waals surface area contributed by atoms with Crippen LogP contribution in [-0.4, -0.2) is 48.3 Å². The second-order valence-corrected chi connectivity index (χ2v) is 11.9. The molecule has 6 N–H and O–H groups in total. The van der Waals surface area contributed by atoms with E-state index in [1.165, 1.54) is 31.8 Å². The molecule has 4 amide bonds. The Bertz CT molecular complexity index is 1230. The Morgan fingerprint density at radius 2 is 1.62 bits per heavy atom. The van der Waals surface area contributed by atoms with Gasteiger partial charge in [-0.3, -0.25) is 19.2 Å². The summed E-state index contributed by atoms with van der Waals surface area (Å²) >= 11 is 0. The monoisotopic (exact) mass is 617 g/mol. The van der Waals surface area contributed by atoms with E-state index >= 15 is 0 Å². The third kappa shape index (κ3) is 14.0. The van der Waals surface area contributed by atoms with Crippen LogP contribution in [0.15, 0.2) is 66.7 Å². The highest BCUT2D eigenvalue weighted by Gasteiger charge is 2.28. The van der Waals surface area contributed by atoms with Gasteiger partial charge in [-0.1, -0.05) is 94.0 Å². The van der Waals surface area contributed by atoms with Crippen LogP contribution in [0.2, 0.25) is 0 Å². The summed E-state index contributed by atoms with van der Waals surface area (Å²) in [4.78, 5) is 52.5. The van der Waals surface area contributed by atoms with Crippen molar-refractivity contribution in [3.63, 3.8) is 0 Å². The van der Waals surface area contributed by atoms with Gasteiger partial charge >= 0.3 is 0 Å². The minimum absolute atomic E-state index is 0.160. The smallest absolute Gasteiger partial charge is 0.243 e. The average molecular weight is 618 g/mol. The first-order valence-corrected chi connectivity index (χ1v) is 16.6. The van der Waals surface area contributed by atoms with Crippen LogP contribution in [0, 0.1) is 0 Å². The molecule has 0 aromatic heterocycles. The normalized spacial score (nSPS) is 18.8. The molecule has 9 heteroatoms. The largest absolute Gasteiger partial charge is 0.399 e. The number of rotatable bonds is 15. The Morgan fingerprint density at radius 3 is 2.36 bits per heavy atom. The molecule has 1 heterocycles. The van der Waals surface area contributed by atoms with E-state index in [0.29, 0.717) is 50.8 Å². The lowest BCUT2D eigenvalue weighted by Gasteiger charge is -2.25. The highest BCUT2D eigenvalue weighted by atomic mass is 16.2. The van der Waals surface area contributed by atoms with Gasteiger partial charge in [0.15, 0.2) is 0 Å². The van der Waals surface area contributed by atoms with Crippen LogP contribution >= 0.6 is 0 Å². The number of nitrogen functional groups attached to an aromatic ring is 1. The van der Waals surface area contributed by atoms with Gasteiger partial charge in [0.25, 0.3) is 0 Å². The summed E-state index contributed by atoms with van der Waals surface area (Å²) in [5.74, 6) is -1.10. The molecule has 3 atom stereocenters. The Kier molecular flexibility index (Phi) is 15.7. The fourth-order valence-corrected chi connectivity index (χ4v) is 5.42. The molecule has 0 fully saturated rings. The van der Waals surface area contributed by atoms with E-state index in [2.05, 4.69) is 28.2 Å². The van der Waals surface area contributed by atoms with Crippen molar-refractivity contribution in [1.29, 1.82) is 0 Å². The predicted molar refractivity (Wildman–Crippen MR) is 179 cm³/mol. The number of benzene rings is 2. The summed E-state index contributed by atoms with van der Waals surface area (Å²) in [5, 5.41) is 11.8. The molecule has 0 spiro atoms. The lowest BCUT2D eigenvalue weighted by atomic mass is 10.0. The van der Waals surface area contributed by atoms with Crippen molar-refractivity contribution < 1.29 is 19.2 Å². The first-order chi connectivity index (χ1) is 21.8. The molecule has 2 aromatic carbocycles. The third-order valence-corrected chi connectivity index (χ3v) is 8.04. The molecular formula is C36H51N5O4. The van der Waals surface area contributed by atoms with E-state index < -0.39 is 24.0 Å². The SMILES string of the molecule is CCCCCCCCCC(=O)N[C@@H](Cc1ccccc1)C(=O)N[C@H]1CCCCNC(=O)/C=C/[C@H](Cc2ccc(N)cc2)NC1=O. The number of carbonyl (C=O) groups excluding carboxylic acids is 4. The van der Waals surface area contributed by atoms with Gasteiger partial charge in [0.05, 0.1) is 6.04 Å². The Hall–Kier alpha value is -4.14. The summed E-state index contributed by atoms with van der Waals surface area (Å²) in [6.07, 6.45) is 13.7. The molecular weight excluding hydrogens is 566 g/mol. The van der Waals surface area contributed by atoms with Gasteiger partial charge in [-0.2, -0.15) is 0 Å².